The second-order valence-corrected chi connectivity index (χ2v) is 4.79. The van der Waals surface area contributed by atoms with Gasteiger partial charge in [-0.25, -0.2) is 0 Å². The lowest BCUT2D eigenvalue weighted by atomic mass is 10.2. The predicted molar refractivity (Wildman–Crippen MR) is 90.7 cm³/mol. The number of carbonyl (C=O) groups excluding carboxylic acids is 1. The number of hydrogen-bond acceptors (Lipinski definition) is 2. The first kappa shape index (κ1) is 15.0. The van der Waals surface area contributed by atoms with Gasteiger partial charge in [-0.3, -0.25) is 4.79 Å². The van der Waals surface area contributed by atoms with Crippen molar-refractivity contribution in [2.45, 2.75) is 6.92 Å². The van der Waals surface area contributed by atoms with Gasteiger partial charge in [0.2, 0.25) is 0 Å². The zero-order valence-corrected chi connectivity index (χ0v) is 12.5. The quantitative estimate of drug-likeness (QED) is 0.759. The lowest BCUT2D eigenvalue weighted by Crippen LogP contribution is -2.28. The molecule has 0 saturated heterocycles. The van der Waals surface area contributed by atoms with Crippen LogP contribution >= 0.6 is 12.2 Å². The van der Waals surface area contributed by atoms with E-state index in [0.29, 0.717) is 10.7 Å². The minimum atomic E-state index is -0.154. The molecule has 0 atom stereocenters. The molecule has 0 aromatic heterocycles. The van der Waals surface area contributed by atoms with E-state index in [1.807, 2.05) is 49.4 Å². The van der Waals surface area contributed by atoms with Gasteiger partial charge in [-0.05, 0) is 49.5 Å². The van der Waals surface area contributed by atoms with Crippen molar-refractivity contribution in [2.24, 2.45) is 0 Å². The molecule has 108 valence electrons. The summed E-state index contributed by atoms with van der Waals surface area (Å²) < 4.78 is 0. The summed E-state index contributed by atoms with van der Waals surface area (Å²) in [5, 5.41) is 9.43. The molecule has 0 aliphatic carbocycles. The third kappa shape index (κ3) is 4.57. The standard InChI is InChI=1S/C16H17N3OS/c1-2-17-16(21)19-14-10-6-7-12(11-14)15(20)18-13-8-4-3-5-9-13/h3-11H,2H2,1H3,(H,18,20)(H2,17,19,21). The topological polar surface area (TPSA) is 53.2 Å². The van der Waals surface area contributed by atoms with E-state index in [1.165, 1.54) is 0 Å². The first-order valence-electron chi connectivity index (χ1n) is 6.70. The van der Waals surface area contributed by atoms with Gasteiger partial charge in [0, 0.05) is 23.5 Å². The highest BCUT2D eigenvalue weighted by Crippen LogP contribution is 2.13. The Kier molecular flexibility index (Phi) is 5.29. The van der Waals surface area contributed by atoms with Gasteiger partial charge >= 0.3 is 0 Å². The van der Waals surface area contributed by atoms with Crippen molar-refractivity contribution >= 4 is 34.6 Å². The van der Waals surface area contributed by atoms with Crippen LogP contribution in [0.4, 0.5) is 11.4 Å². The van der Waals surface area contributed by atoms with Crippen molar-refractivity contribution in [3.63, 3.8) is 0 Å². The summed E-state index contributed by atoms with van der Waals surface area (Å²) in [6, 6.07) is 16.6. The van der Waals surface area contributed by atoms with Crippen LogP contribution in [-0.2, 0) is 0 Å². The Balaban J connectivity index is 2.06. The second kappa shape index (κ2) is 7.40. The fourth-order valence-electron chi connectivity index (χ4n) is 1.80. The first-order chi connectivity index (χ1) is 10.2. The van der Waals surface area contributed by atoms with Crippen LogP contribution in [0.15, 0.2) is 54.6 Å². The maximum Gasteiger partial charge on any atom is 0.255 e. The van der Waals surface area contributed by atoms with Crippen LogP contribution in [-0.4, -0.2) is 17.6 Å². The van der Waals surface area contributed by atoms with Crippen molar-refractivity contribution in [3.05, 3.63) is 60.2 Å². The lowest BCUT2D eigenvalue weighted by molar-refractivity contribution is 0.102. The molecule has 0 saturated carbocycles. The molecule has 0 unspecified atom stereocenters. The monoisotopic (exact) mass is 299 g/mol. The largest absolute Gasteiger partial charge is 0.363 e. The molecule has 4 nitrogen and oxygen atoms in total. The number of thiocarbonyl (C=S) groups is 1. The van der Waals surface area contributed by atoms with Gasteiger partial charge in [-0.15, -0.1) is 0 Å². The van der Waals surface area contributed by atoms with E-state index < -0.39 is 0 Å². The van der Waals surface area contributed by atoms with Gasteiger partial charge in [0.25, 0.3) is 5.91 Å². The zero-order valence-electron chi connectivity index (χ0n) is 11.7. The van der Waals surface area contributed by atoms with Crippen molar-refractivity contribution in [1.29, 1.82) is 0 Å². The SMILES string of the molecule is CCNC(=S)Nc1cccc(C(=O)Nc2ccccc2)c1. The Morgan fingerprint density at radius 2 is 1.71 bits per heavy atom. The predicted octanol–water partition coefficient (Wildman–Crippen LogP) is 3.25. The van der Waals surface area contributed by atoms with Gasteiger partial charge in [0.1, 0.15) is 0 Å². The van der Waals surface area contributed by atoms with E-state index in [-0.39, 0.29) is 5.91 Å². The number of nitrogens with one attached hydrogen (secondary N) is 3. The summed E-state index contributed by atoms with van der Waals surface area (Å²) in [5.74, 6) is -0.154. The second-order valence-electron chi connectivity index (χ2n) is 4.39. The number of hydrogen-bond donors (Lipinski definition) is 3. The summed E-state index contributed by atoms with van der Waals surface area (Å²) in [6.07, 6.45) is 0. The molecule has 0 bridgehead atoms. The fraction of sp³-hybridized carbons (Fsp3) is 0.125. The number of benzene rings is 2. The van der Waals surface area contributed by atoms with Gasteiger partial charge in [-0.2, -0.15) is 0 Å². The molecule has 0 radical (unpaired) electrons. The third-order valence-corrected chi connectivity index (χ3v) is 3.00. The van der Waals surface area contributed by atoms with Crippen LogP contribution in [0, 0.1) is 0 Å². The average molecular weight is 299 g/mol. The molecule has 0 spiro atoms. The molecule has 2 aromatic carbocycles. The Labute approximate surface area is 129 Å². The first-order valence-corrected chi connectivity index (χ1v) is 7.11. The van der Waals surface area contributed by atoms with E-state index in [4.69, 9.17) is 12.2 Å². The molecule has 0 heterocycles. The van der Waals surface area contributed by atoms with Gasteiger partial charge in [0.05, 0.1) is 0 Å². The number of amides is 1. The molecule has 2 aromatic rings. The number of carbonyl (C=O) groups is 1. The van der Waals surface area contributed by atoms with Gasteiger partial charge < -0.3 is 16.0 Å². The molecule has 2 rings (SSSR count). The summed E-state index contributed by atoms with van der Waals surface area (Å²) in [6.45, 7) is 2.72. The molecule has 0 aliphatic heterocycles. The van der Waals surface area contributed by atoms with Crippen LogP contribution in [0.2, 0.25) is 0 Å². The Hall–Kier alpha value is -2.40. The maximum absolute atomic E-state index is 12.2. The maximum atomic E-state index is 12.2. The molecule has 3 N–H and O–H groups in total. The Morgan fingerprint density at radius 1 is 1.00 bits per heavy atom. The van der Waals surface area contributed by atoms with E-state index in [0.717, 1.165) is 17.9 Å². The normalized spacial score (nSPS) is 9.76. The molecule has 1 amide bonds. The highest BCUT2D eigenvalue weighted by molar-refractivity contribution is 7.80. The van der Waals surface area contributed by atoms with Crippen LogP contribution in [0.1, 0.15) is 17.3 Å². The number of para-hydroxylation sites is 1. The van der Waals surface area contributed by atoms with Crippen LogP contribution in [0.25, 0.3) is 0 Å². The van der Waals surface area contributed by atoms with Crippen molar-refractivity contribution in [2.75, 3.05) is 17.2 Å². The van der Waals surface area contributed by atoms with Crippen molar-refractivity contribution in [1.82, 2.24) is 5.32 Å². The van der Waals surface area contributed by atoms with E-state index in [2.05, 4.69) is 16.0 Å². The van der Waals surface area contributed by atoms with Crippen LogP contribution in [0.3, 0.4) is 0 Å². The Morgan fingerprint density at radius 3 is 2.43 bits per heavy atom. The number of anilines is 2. The summed E-state index contributed by atoms with van der Waals surface area (Å²) in [5.41, 5.74) is 2.12. The molecular formula is C16H17N3OS. The smallest absolute Gasteiger partial charge is 0.255 e. The molecule has 0 fully saturated rings. The van der Waals surface area contributed by atoms with E-state index >= 15 is 0 Å². The minimum Gasteiger partial charge on any atom is -0.363 e. The van der Waals surface area contributed by atoms with Gasteiger partial charge in [0.15, 0.2) is 5.11 Å². The fourth-order valence-corrected chi connectivity index (χ4v) is 2.06. The summed E-state index contributed by atoms with van der Waals surface area (Å²) in [4.78, 5) is 12.2. The minimum absolute atomic E-state index is 0.154. The Bertz CT molecular complexity index is 628. The van der Waals surface area contributed by atoms with Gasteiger partial charge in [-0.1, -0.05) is 24.3 Å². The molecular weight excluding hydrogens is 282 g/mol. The highest BCUT2D eigenvalue weighted by atomic mass is 32.1. The lowest BCUT2D eigenvalue weighted by Gasteiger charge is -2.10. The number of rotatable bonds is 4. The van der Waals surface area contributed by atoms with E-state index in [1.54, 1.807) is 12.1 Å². The highest BCUT2D eigenvalue weighted by Gasteiger charge is 2.07. The van der Waals surface area contributed by atoms with Crippen molar-refractivity contribution < 1.29 is 4.79 Å². The molecule has 21 heavy (non-hydrogen) atoms. The third-order valence-electron chi connectivity index (χ3n) is 2.75. The average Bonchev–Trinajstić information content (AvgIpc) is 2.48. The van der Waals surface area contributed by atoms with Crippen molar-refractivity contribution in [3.8, 4) is 0 Å². The summed E-state index contributed by atoms with van der Waals surface area (Å²) >= 11 is 5.13. The molecule has 5 heteroatoms. The van der Waals surface area contributed by atoms with Crippen LogP contribution in [0.5, 0.6) is 0 Å². The summed E-state index contributed by atoms with van der Waals surface area (Å²) in [7, 11) is 0. The molecule has 0 aliphatic rings. The van der Waals surface area contributed by atoms with E-state index in [9.17, 15) is 4.79 Å². The zero-order chi connectivity index (χ0) is 15.1. The van der Waals surface area contributed by atoms with Crippen LogP contribution < -0.4 is 16.0 Å².